The number of aromatic hydroxyl groups is 3. The molecule has 0 radical (unpaired) electrons. The summed E-state index contributed by atoms with van der Waals surface area (Å²) >= 11 is 0. The molecule has 0 atom stereocenters. The lowest BCUT2D eigenvalue weighted by molar-refractivity contribution is 0.0947. The van der Waals surface area contributed by atoms with Gasteiger partial charge in [-0.1, -0.05) is 24.2 Å². The summed E-state index contributed by atoms with van der Waals surface area (Å²) < 4.78 is 9.89. The van der Waals surface area contributed by atoms with Crippen LogP contribution in [-0.2, 0) is 0 Å². The maximum absolute atomic E-state index is 12.3. The fraction of sp³-hybridized carbons (Fsp3) is 0.294. The van der Waals surface area contributed by atoms with Crippen molar-refractivity contribution in [2.24, 2.45) is 0 Å². The number of phenolic OH excluding ortho intramolecular Hbond substituents is 2. The van der Waals surface area contributed by atoms with Crippen molar-refractivity contribution in [2.75, 3.05) is 6.54 Å². The highest BCUT2D eigenvalue weighted by Gasteiger charge is 2.30. The van der Waals surface area contributed by atoms with E-state index in [1.165, 1.54) is 12.1 Å². The molecule has 4 N–H and O–H groups in total. The van der Waals surface area contributed by atoms with Gasteiger partial charge in [0, 0.05) is 12.6 Å². The molecule has 1 aromatic carbocycles. The zero-order valence-electron chi connectivity index (χ0n) is 14.8. The van der Waals surface area contributed by atoms with Crippen molar-refractivity contribution < 1.29 is 29.2 Å². The van der Waals surface area contributed by atoms with Crippen LogP contribution in [0.5, 0.6) is 17.6 Å². The van der Waals surface area contributed by atoms with E-state index in [1.807, 2.05) is 13.8 Å². The van der Waals surface area contributed by atoms with Crippen LogP contribution in [-0.4, -0.2) is 43.1 Å². The number of aromatic nitrogens is 3. The molecule has 0 bridgehead atoms. The number of hydrogen-bond acceptors (Lipinski definition) is 9. The molecule has 1 amide bonds. The van der Waals surface area contributed by atoms with Gasteiger partial charge in [-0.25, -0.2) is 0 Å². The number of benzene rings is 1. The summed E-state index contributed by atoms with van der Waals surface area (Å²) in [6.45, 7) is 5.82. The Bertz CT molecular complexity index is 991. The number of rotatable bonds is 5. The summed E-state index contributed by atoms with van der Waals surface area (Å²) in [5.41, 5.74) is 0.645. The Morgan fingerprint density at radius 1 is 1.15 bits per heavy atom. The van der Waals surface area contributed by atoms with E-state index in [-0.39, 0.29) is 45.8 Å². The van der Waals surface area contributed by atoms with Crippen LogP contribution in [0.4, 0.5) is 0 Å². The monoisotopic (exact) mass is 374 g/mol. The first-order chi connectivity index (χ1) is 12.8. The van der Waals surface area contributed by atoms with Crippen molar-refractivity contribution in [1.29, 1.82) is 0 Å². The van der Waals surface area contributed by atoms with Gasteiger partial charge in [-0.2, -0.15) is 4.98 Å². The second-order valence-corrected chi connectivity index (χ2v) is 6.08. The molecule has 0 unspecified atom stereocenters. The summed E-state index contributed by atoms with van der Waals surface area (Å²) in [5.74, 6) is -1.10. The van der Waals surface area contributed by atoms with E-state index in [0.717, 1.165) is 0 Å². The van der Waals surface area contributed by atoms with Gasteiger partial charge in [0.05, 0.1) is 5.56 Å². The lowest BCUT2D eigenvalue weighted by Gasteiger charge is -2.11. The largest absolute Gasteiger partial charge is 0.508 e. The number of nitrogens with one attached hydrogen (secondary N) is 1. The van der Waals surface area contributed by atoms with E-state index in [9.17, 15) is 20.1 Å². The van der Waals surface area contributed by atoms with E-state index < -0.39 is 12.0 Å². The molecule has 27 heavy (non-hydrogen) atoms. The van der Waals surface area contributed by atoms with Crippen LogP contribution in [0.15, 0.2) is 21.2 Å². The van der Waals surface area contributed by atoms with E-state index in [2.05, 4.69) is 25.1 Å². The minimum atomic E-state index is -0.697. The smallest absolute Gasteiger partial charge is 0.415 e. The maximum atomic E-state index is 12.3. The van der Waals surface area contributed by atoms with Gasteiger partial charge in [-0.15, -0.1) is 0 Å². The number of amides is 1. The average Bonchev–Trinajstić information content (AvgIpc) is 3.20. The second kappa shape index (κ2) is 6.98. The SMILES string of the molecule is CCNC(=O)c1noc(-c2cc(C(C)C)c(O)cc2O)c1-c1noc(O)n1. The normalized spacial score (nSPS) is 11.1. The standard InChI is InChI=1S/C17H18N4O6/c1-4-18-16(24)13-12(15-19-17(25)27-21-15)14(26-20-13)9-5-8(7(2)3)10(22)6-11(9)23/h5-7,22-23H,4H2,1-3H3,(H,18,24)(H,19,21,25). The number of phenols is 2. The van der Waals surface area contributed by atoms with Crippen molar-refractivity contribution in [3.63, 3.8) is 0 Å². The lowest BCUT2D eigenvalue weighted by Crippen LogP contribution is -2.23. The van der Waals surface area contributed by atoms with Crippen molar-refractivity contribution in [1.82, 2.24) is 20.6 Å². The van der Waals surface area contributed by atoms with Gasteiger partial charge in [0.2, 0.25) is 5.82 Å². The van der Waals surface area contributed by atoms with Gasteiger partial charge in [-0.3, -0.25) is 9.32 Å². The summed E-state index contributed by atoms with van der Waals surface area (Å²) in [6.07, 6.45) is -0.697. The molecule has 3 rings (SSSR count). The first-order valence-corrected chi connectivity index (χ1v) is 8.20. The Hall–Kier alpha value is -3.56. The molecule has 0 aliphatic heterocycles. The summed E-state index contributed by atoms with van der Waals surface area (Å²) in [7, 11) is 0. The number of carbonyl (C=O) groups is 1. The molecule has 2 heterocycles. The predicted molar refractivity (Wildman–Crippen MR) is 92.3 cm³/mol. The molecule has 0 saturated heterocycles. The Morgan fingerprint density at radius 2 is 1.89 bits per heavy atom. The van der Waals surface area contributed by atoms with Gasteiger partial charge in [0.1, 0.15) is 17.1 Å². The van der Waals surface area contributed by atoms with Crippen LogP contribution in [0.3, 0.4) is 0 Å². The highest BCUT2D eigenvalue weighted by Crippen LogP contribution is 2.42. The molecule has 142 valence electrons. The highest BCUT2D eigenvalue weighted by molar-refractivity contribution is 6.01. The third-order valence-corrected chi connectivity index (χ3v) is 3.90. The predicted octanol–water partition coefficient (Wildman–Crippen LogP) is 2.38. The van der Waals surface area contributed by atoms with Crippen LogP contribution in [0.25, 0.3) is 22.7 Å². The van der Waals surface area contributed by atoms with Crippen molar-refractivity contribution >= 4 is 5.91 Å². The van der Waals surface area contributed by atoms with Gasteiger partial charge < -0.3 is 25.2 Å². The Kier molecular flexibility index (Phi) is 4.72. The zero-order valence-corrected chi connectivity index (χ0v) is 14.8. The fourth-order valence-electron chi connectivity index (χ4n) is 2.64. The molecule has 0 spiro atoms. The van der Waals surface area contributed by atoms with Crippen LogP contribution in [0.2, 0.25) is 0 Å². The number of carbonyl (C=O) groups excluding carboxylic acids is 1. The molecular formula is C17H18N4O6. The molecule has 0 aliphatic rings. The third-order valence-electron chi connectivity index (χ3n) is 3.90. The van der Waals surface area contributed by atoms with Crippen LogP contribution < -0.4 is 5.32 Å². The minimum Gasteiger partial charge on any atom is -0.508 e. The fourth-order valence-corrected chi connectivity index (χ4v) is 2.64. The van der Waals surface area contributed by atoms with Gasteiger partial charge in [0.25, 0.3) is 5.91 Å². The average molecular weight is 374 g/mol. The molecule has 2 aromatic heterocycles. The van der Waals surface area contributed by atoms with Gasteiger partial charge >= 0.3 is 6.08 Å². The first-order valence-electron chi connectivity index (χ1n) is 8.20. The van der Waals surface area contributed by atoms with E-state index in [1.54, 1.807) is 6.92 Å². The molecule has 0 aliphatic carbocycles. The quantitative estimate of drug-likeness (QED) is 0.526. The van der Waals surface area contributed by atoms with Crippen LogP contribution in [0, 0.1) is 0 Å². The van der Waals surface area contributed by atoms with Crippen molar-refractivity contribution in [3.8, 4) is 40.3 Å². The number of nitrogens with zero attached hydrogens (tertiary/aromatic N) is 3. The lowest BCUT2D eigenvalue weighted by atomic mass is 9.96. The Morgan fingerprint density at radius 3 is 2.48 bits per heavy atom. The van der Waals surface area contributed by atoms with Gasteiger partial charge in [-0.05, 0) is 24.5 Å². The van der Waals surface area contributed by atoms with Crippen LogP contribution in [0.1, 0.15) is 42.7 Å². The van der Waals surface area contributed by atoms with Crippen molar-refractivity contribution in [2.45, 2.75) is 26.7 Å². The van der Waals surface area contributed by atoms with Crippen LogP contribution >= 0.6 is 0 Å². The zero-order chi connectivity index (χ0) is 19.7. The van der Waals surface area contributed by atoms with Gasteiger partial charge in [0.15, 0.2) is 11.5 Å². The molecule has 10 nitrogen and oxygen atoms in total. The second-order valence-electron chi connectivity index (χ2n) is 6.08. The summed E-state index contributed by atoms with van der Waals surface area (Å²) in [4.78, 5) is 16.0. The first kappa shape index (κ1) is 18.2. The molecule has 0 saturated carbocycles. The van der Waals surface area contributed by atoms with E-state index >= 15 is 0 Å². The summed E-state index contributed by atoms with van der Waals surface area (Å²) in [5, 5.41) is 39.7. The maximum Gasteiger partial charge on any atom is 0.415 e. The Labute approximate surface area is 153 Å². The molecule has 3 aromatic rings. The molecule has 10 heteroatoms. The van der Waals surface area contributed by atoms with Crippen molar-refractivity contribution in [3.05, 3.63) is 23.4 Å². The van der Waals surface area contributed by atoms with E-state index in [0.29, 0.717) is 12.1 Å². The summed E-state index contributed by atoms with van der Waals surface area (Å²) in [6, 6.07) is 2.71. The highest BCUT2D eigenvalue weighted by atomic mass is 16.6. The van der Waals surface area contributed by atoms with E-state index in [4.69, 9.17) is 4.52 Å². The number of hydrogen-bond donors (Lipinski definition) is 4. The third kappa shape index (κ3) is 3.28. The minimum absolute atomic E-state index is 0.00328. The topological polar surface area (TPSA) is 155 Å². The molecular weight excluding hydrogens is 356 g/mol. The molecule has 0 fully saturated rings. The Balaban J connectivity index is 2.25.